The Kier molecular flexibility index (Phi) is 4.23. The topological polar surface area (TPSA) is 42.2 Å². The van der Waals surface area contributed by atoms with E-state index in [2.05, 4.69) is 29.2 Å². The summed E-state index contributed by atoms with van der Waals surface area (Å²) in [6.45, 7) is 4.88. The summed E-state index contributed by atoms with van der Waals surface area (Å²) in [6, 6.07) is 9.49. The van der Waals surface area contributed by atoms with Gasteiger partial charge >= 0.3 is 0 Å². The van der Waals surface area contributed by atoms with Gasteiger partial charge in [0.15, 0.2) is 5.65 Å². The Morgan fingerprint density at radius 1 is 1.18 bits per heavy atom. The Bertz CT molecular complexity index is 794. The zero-order valence-corrected chi connectivity index (χ0v) is 13.9. The van der Waals surface area contributed by atoms with Crippen LogP contribution in [0.2, 0.25) is 10.2 Å². The summed E-state index contributed by atoms with van der Waals surface area (Å²) >= 11 is 12.1. The Labute approximate surface area is 139 Å². The van der Waals surface area contributed by atoms with Crippen LogP contribution in [0.5, 0.6) is 0 Å². The van der Waals surface area contributed by atoms with Gasteiger partial charge in [0.05, 0.1) is 6.20 Å². The first-order valence-corrected chi connectivity index (χ1v) is 7.82. The molecule has 0 aliphatic rings. The third-order valence-corrected chi connectivity index (χ3v) is 3.92. The highest BCUT2D eigenvalue weighted by atomic mass is 35.5. The first kappa shape index (κ1) is 15.1. The smallest absolute Gasteiger partial charge is 0.162 e. The lowest BCUT2D eigenvalue weighted by atomic mass is 10.1. The van der Waals surface area contributed by atoms with Crippen molar-refractivity contribution in [2.75, 3.05) is 5.32 Å². The summed E-state index contributed by atoms with van der Waals surface area (Å²) < 4.78 is 1.79. The molecular weight excluding hydrogens is 319 g/mol. The molecule has 3 aromatic rings. The van der Waals surface area contributed by atoms with Crippen LogP contribution in [0.1, 0.15) is 30.9 Å². The van der Waals surface area contributed by atoms with Crippen LogP contribution in [0.4, 0.5) is 5.82 Å². The molecule has 0 atom stereocenters. The van der Waals surface area contributed by atoms with Gasteiger partial charge in [-0.1, -0.05) is 49.2 Å². The standard InChI is InChI=1S/C16H16Cl2N4/c1-10(2)13-9-20-22-15(7-14(18)21-16(13)22)19-8-11-3-5-12(17)6-4-11/h3-7,9-10,19H,8H2,1-2H3. The maximum atomic E-state index is 6.15. The van der Waals surface area contributed by atoms with E-state index < -0.39 is 0 Å². The predicted octanol–water partition coefficient (Wildman–Crippen LogP) is 4.77. The summed E-state index contributed by atoms with van der Waals surface area (Å²) in [5.41, 5.74) is 3.00. The minimum atomic E-state index is 0.340. The van der Waals surface area contributed by atoms with Gasteiger partial charge in [-0.2, -0.15) is 9.61 Å². The van der Waals surface area contributed by atoms with Crippen LogP contribution in [0.15, 0.2) is 36.5 Å². The number of rotatable bonds is 4. The number of hydrogen-bond acceptors (Lipinski definition) is 3. The van der Waals surface area contributed by atoms with Crippen molar-refractivity contribution in [3.05, 3.63) is 57.8 Å². The number of halogens is 2. The van der Waals surface area contributed by atoms with Gasteiger partial charge in [-0.25, -0.2) is 4.98 Å². The largest absolute Gasteiger partial charge is 0.366 e. The van der Waals surface area contributed by atoms with Gasteiger partial charge in [0.2, 0.25) is 0 Å². The molecule has 2 heterocycles. The van der Waals surface area contributed by atoms with Gasteiger partial charge in [0.25, 0.3) is 0 Å². The molecule has 6 heteroatoms. The zero-order chi connectivity index (χ0) is 15.7. The number of hydrogen-bond donors (Lipinski definition) is 1. The van der Waals surface area contributed by atoms with Gasteiger partial charge in [-0.05, 0) is 23.6 Å². The Balaban J connectivity index is 1.91. The minimum Gasteiger partial charge on any atom is -0.366 e. The predicted molar refractivity (Wildman–Crippen MR) is 90.9 cm³/mol. The van der Waals surface area contributed by atoms with Gasteiger partial charge in [0.1, 0.15) is 11.0 Å². The molecule has 0 unspecified atom stereocenters. The lowest BCUT2D eigenvalue weighted by molar-refractivity contribution is 0.871. The van der Waals surface area contributed by atoms with Gasteiger partial charge in [0, 0.05) is 23.2 Å². The van der Waals surface area contributed by atoms with E-state index in [1.54, 1.807) is 10.6 Å². The van der Waals surface area contributed by atoms with Crippen molar-refractivity contribution >= 4 is 34.7 Å². The molecule has 1 N–H and O–H groups in total. The molecule has 22 heavy (non-hydrogen) atoms. The molecule has 0 aliphatic carbocycles. The maximum Gasteiger partial charge on any atom is 0.162 e. The lowest BCUT2D eigenvalue weighted by Crippen LogP contribution is -2.06. The van der Waals surface area contributed by atoms with E-state index in [1.807, 2.05) is 30.5 Å². The number of nitrogens with one attached hydrogen (secondary N) is 1. The van der Waals surface area contributed by atoms with E-state index in [4.69, 9.17) is 23.2 Å². The molecule has 4 nitrogen and oxygen atoms in total. The number of aromatic nitrogens is 3. The van der Waals surface area contributed by atoms with E-state index in [-0.39, 0.29) is 0 Å². The molecule has 3 rings (SSSR count). The highest BCUT2D eigenvalue weighted by Gasteiger charge is 2.13. The van der Waals surface area contributed by atoms with Crippen molar-refractivity contribution in [1.29, 1.82) is 0 Å². The van der Waals surface area contributed by atoms with E-state index in [9.17, 15) is 0 Å². The molecule has 2 aromatic heterocycles. The van der Waals surface area contributed by atoms with Crippen LogP contribution in [0, 0.1) is 0 Å². The molecule has 1 aromatic carbocycles. The molecule has 114 valence electrons. The summed E-state index contributed by atoms with van der Waals surface area (Å²) in [6.07, 6.45) is 1.84. The summed E-state index contributed by atoms with van der Waals surface area (Å²) in [4.78, 5) is 4.39. The van der Waals surface area contributed by atoms with Crippen LogP contribution in [-0.4, -0.2) is 14.6 Å². The summed E-state index contributed by atoms with van der Waals surface area (Å²) in [7, 11) is 0. The zero-order valence-electron chi connectivity index (χ0n) is 12.3. The van der Waals surface area contributed by atoms with Gasteiger partial charge in [-0.15, -0.1) is 0 Å². The van der Waals surface area contributed by atoms with Gasteiger partial charge in [-0.3, -0.25) is 0 Å². The Morgan fingerprint density at radius 3 is 2.59 bits per heavy atom. The van der Waals surface area contributed by atoms with Crippen molar-refractivity contribution in [3.63, 3.8) is 0 Å². The average Bonchev–Trinajstić information content (AvgIpc) is 2.90. The molecule has 0 spiro atoms. The molecular formula is C16H16Cl2N4. The van der Waals surface area contributed by atoms with Gasteiger partial charge < -0.3 is 5.32 Å². The number of nitrogens with zero attached hydrogens (tertiary/aromatic N) is 3. The number of fused-ring (bicyclic) bond motifs is 1. The van der Waals surface area contributed by atoms with Crippen molar-refractivity contribution < 1.29 is 0 Å². The third kappa shape index (κ3) is 3.03. The average molecular weight is 335 g/mol. The highest BCUT2D eigenvalue weighted by molar-refractivity contribution is 6.30. The molecule has 0 amide bonds. The first-order valence-electron chi connectivity index (χ1n) is 7.07. The lowest BCUT2D eigenvalue weighted by Gasteiger charge is -2.10. The minimum absolute atomic E-state index is 0.340. The molecule has 0 radical (unpaired) electrons. The molecule has 0 saturated carbocycles. The van der Waals surface area contributed by atoms with E-state index in [0.29, 0.717) is 17.6 Å². The van der Waals surface area contributed by atoms with E-state index >= 15 is 0 Å². The van der Waals surface area contributed by atoms with Crippen LogP contribution < -0.4 is 5.32 Å². The SMILES string of the molecule is CC(C)c1cnn2c(NCc3ccc(Cl)cc3)cc(Cl)nc12. The molecule has 0 aliphatic heterocycles. The third-order valence-electron chi connectivity index (χ3n) is 3.48. The number of benzene rings is 1. The summed E-state index contributed by atoms with van der Waals surface area (Å²) in [5.74, 6) is 1.16. The van der Waals surface area contributed by atoms with E-state index in [1.165, 1.54) is 0 Å². The van der Waals surface area contributed by atoms with Crippen molar-refractivity contribution in [2.45, 2.75) is 26.3 Å². The fraction of sp³-hybridized carbons (Fsp3) is 0.250. The van der Waals surface area contributed by atoms with E-state index in [0.717, 1.165) is 27.6 Å². The monoisotopic (exact) mass is 334 g/mol. The number of anilines is 1. The highest BCUT2D eigenvalue weighted by Crippen LogP contribution is 2.24. The first-order chi connectivity index (χ1) is 10.5. The van der Waals surface area contributed by atoms with Crippen molar-refractivity contribution in [1.82, 2.24) is 14.6 Å². The molecule has 0 fully saturated rings. The second-order valence-corrected chi connectivity index (χ2v) is 6.26. The van der Waals surface area contributed by atoms with Crippen LogP contribution in [0.3, 0.4) is 0 Å². The quantitative estimate of drug-likeness (QED) is 0.698. The second kappa shape index (κ2) is 6.15. The summed E-state index contributed by atoms with van der Waals surface area (Å²) in [5, 5.41) is 8.95. The van der Waals surface area contributed by atoms with Crippen molar-refractivity contribution in [2.24, 2.45) is 0 Å². The maximum absolute atomic E-state index is 6.15. The fourth-order valence-corrected chi connectivity index (χ4v) is 2.59. The van der Waals surface area contributed by atoms with Crippen LogP contribution >= 0.6 is 23.2 Å². The molecule has 0 bridgehead atoms. The Hall–Kier alpha value is -1.78. The second-order valence-electron chi connectivity index (χ2n) is 5.43. The Morgan fingerprint density at radius 2 is 1.91 bits per heavy atom. The van der Waals surface area contributed by atoms with Crippen LogP contribution in [-0.2, 0) is 6.54 Å². The fourth-order valence-electron chi connectivity index (χ4n) is 2.28. The van der Waals surface area contributed by atoms with Crippen molar-refractivity contribution in [3.8, 4) is 0 Å². The van der Waals surface area contributed by atoms with Crippen LogP contribution in [0.25, 0.3) is 5.65 Å². The molecule has 0 saturated heterocycles. The normalized spacial score (nSPS) is 11.3.